The molecule has 0 radical (unpaired) electrons. The van der Waals surface area contributed by atoms with Crippen molar-refractivity contribution in [2.75, 3.05) is 0 Å². The van der Waals surface area contributed by atoms with Gasteiger partial charge in [-0.1, -0.05) is 24.3 Å². The highest BCUT2D eigenvalue weighted by atomic mass is 32.2. The summed E-state index contributed by atoms with van der Waals surface area (Å²) >= 11 is 0. The number of amides is 2. The van der Waals surface area contributed by atoms with Gasteiger partial charge in [-0.15, -0.1) is 0 Å². The van der Waals surface area contributed by atoms with Crippen LogP contribution in [0.25, 0.3) is 0 Å². The van der Waals surface area contributed by atoms with Crippen LogP contribution in [0, 0.1) is 0 Å². The first-order chi connectivity index (χ1) is 7.08. The molecule has 0 unspecified atom stereocenters. The minimum absolute atomic E-state index is 0.0405. The average molecular weight is 228 g/mol. The smallest absolute Gasteiger partial charge is 0.312 e. The molecule has 0 saturated carbocycles. The number of hydrogen-bond acceptors (Lipinski definition) is 3. The fourth-order valence-corrected chi connectivity index (χ4v) is 1.61. The second kappa shape index (κ2) is 5.35. The van der Waals surface area contributed by atoms with Crippen molar-refractivity contribution in [3.8, 4) is 0 Å². The van der Waals surface area contributed by atoms with E-state index in [-0.39, 0.29) is 5.75 Å². The van der Waals surface area contributed by atoms with Crippen LogP contribution < -0.4 is 11.1 Å². The van der Waals surface area contributed by atoms with Crippen molar-refractivity contribution in [2.45, 2.75) is 12.3 Å². The van der Waals surface area contributed by atoms with Gasteiger partial charge in [0, 0.05) is 6.54 Å². The van der Waals surface area contributed by atoms with Gasteiger partial charge in [0.1, 0.15) is 10.7 Å². The molecule has 0 aromatic heterocycles. The number of carbonyl (C=O) groups is 1. The van der Waals surface area contributed by atoms with E-state index in [0.717, 1.165) is 11.1 Å². The van der Waals surface area contributed by atoms with Gasteiger partial charge in [0.15, 0.2) is 0 Å². The molecule has 82 valence electrons. The van der Waals surface area contributed by atoms with E-state index in [1.54, 1.807) is 24.3 Å². The SMILES string of the molecule is NC(=O)NCc1ccc(C[SH](=O)=O)cc1. The number of carbonyl (C=O) groups excluding carboxylic acids is 1. The topological polar surface area (TPSA) is 89.3 Å². The number of hydrogen-bond donors (Lipinski definition) is 3. The maximum atomic E-state index is 10.4. The maximum Gasteiger partial charge on any atom is 0.312 e. The Balaban J connectivity index is 2.59. The lowest BCUT2D eigenvalue weighted by atomic mass is 10.1. The molecule has 0 aliphatic carbocycles. The van der Waals surface area contributed by atoms with Crippen molar-refractivity contribution in [3.05, 3.63) is 35.4 Å². The second-order valence-electron chi connectivity index (χ2n) is 3.03. The minimum atomic E-state index is -2.39. The molecule has 15 heavy (non-hydrogen) atoms. The standard InChI is InChI=1S/C9H12N2O3S/c10-9(12)11-5-7-1-3-8(4-2-7)6-15(13)14/h1-4,15H,5-6H2,(H3,10,11,12). The summed E-state index contributed by atoms with van der Waals surface area (Å²) in [4.78, 5) is 10.4. The minimum Gasteiger partial charge on any atom is -0.352 e. The molecule has 3 N–H and O–H groups in total. The molecule has 0 spiro atoms. The highest BCUT2D eigenvalue weighted by Crippen LogP contribution is 2.05. The summed E-state index contributed by atoms with van der Waals surface area (Å²) in [6, 6.07) is 6.35. The molecule has 0 fully saturated rings. The molecule has 1 aromatic carbocycles. The van der Waals surface area contributed by atoms with Gasteiger partial charge < -0.3 is 11.1 Å². The van der Waals surface area contributed by atoms with Crippen LogP contribution in [-0.4, -0.2) is 14.4 Å². The lowest BCUT2D eigenvalue weighted by molar-refractivity contribution is 0.248. The van der Waals surface area contributed by atoms with E-state index in [0.29, 0.717) is 6.54 Å². The number of benzene rings is 1. The Morgan fingerprint density at radius 3 is 2.20 bits per heavy atom. The fraction of sp³-hybridized carbons (Fsp3) is 0.222. The summed E-state index contributed by atoms with van der Waals surface area (Å²) in [5.74, 6) is 0.0405. The molecule has 1 aromatic rings. The van der Waals surface area contributed by atoms with Gasteiger partial charge in [-0.05, 0) is 11.1 Å². The van der Waals surface area contributed by atoms with Gasteiger partial charge in [0.05, 0.1) is 5.75 Å². The van der Waals surface area contributed by atoms with Gasteiger partial charge in [-0.2, -0.15) is 0 Å². The predicted octanol–water partition coefficient (Wildman–Crippen LogP) is -0.0337. The van der Waals surface area contributed by atoms with Gasteiger partial charge in [0.25, 0.3) is 0 Å². The summed E-state index contributed by atoms with van der Waals surface area (Å²) in [6.07, 6.45) is 0. The predicted molar refractivity (Wildman–Crippen MR) is 56.9 cm³/mol. The summed E-state index contributed by atoms with van der Waals surface area (Å²) in [7, 11) is -2.39. The van der Waals surface area contributed by atoms with Crippen LogP contribution in [0.5, 0.6) is 0 Å². The Hall–Kier alpha value is -1.56. The van der Waals surface area contributed by atoms with Crippen LogP contribution in [0.1, 0.15) is 11.1 Å². The van der Waals surface area contributed by atoms with E-state index >= 15 is 0 Å². The first-order valence-corrected chi connectivity index (χ1v) is 5.67. The lowest BCUT2D eigenvalue weighted by Gasteiger charge is -2.02. The van der Waals surface area contributed by atoms with Crippen molar-refractivity contribution < 1.29 is 13.2 Å². The number of rotatable bonds is 4. The van der Waals surface area contributed by atoms with Gasteiger partial charge in [-0.3, -0.25) is 0 Å². The molecule has 0 aliphatic heterocycles. The Morgan fingerprint density at radius 2 is 1.73 bits per heavy atom. The third-order valence-corrected chi connectivity index (χ3v) is 2.42. The molecule has 0 bridgehead atoms. The number of primary amides is 1. The summed E-state index contributed by atoms with van der Waals surface area (Å²) in [5.41, 5.74) is 6.51. The van der Waals surface area contributed by atoms with Crippen LogP contribution in [0.2, 0.25) is 0 Å². The number of nitrogens with two attached hydrogens (primary N) is 1. The van der Waals surface area contributed by atoms with Crippen molar-refractivity contribution in [2.24, 2.45) is 5.73 Å². The van der Waals surface area contributed by atoms with Gasteiger partial charge in [0.2, 0.25) is 0 Å². The number of nitrogens with one attached hydrogen (secondary N) is 1. The molecule has 0 heterocycles. The number of urea groups is 1. The maximum absolute atomic E-state index is 10.4. The zero-order valence-electron chi connectivity index (χ0n) is 7.97. The Morgan fingerprint density at radius 1 is 1.20 bits per heavy atom. The van der Waals surface area contributed by atoms with Crippen molar-refractivity contribution >= 4 is 16.7 Å². The van der Waals surface area contributed by atoms with Crippen LogP contribution >= 0.6 is 0 Å². The molecule has 0 aliphatic rings. The van der Waals surface area contributed by atoms with Crippen LogP contribution in [0.15, 0.2) is 24.3 Å². The molecule has 1 rings (SSSR count). The van der Waals surface area contributed by atoms with Crippen LogP contribution in [0.3, 0.4) is 0 Å². The summed E-state index contributed by atoms with van der Waals surface area (Å²) in [6.45, 7) is 0.346. The van der Waals surface area contributed by atoms with Crippen LogP contribution in [0.4, 0.5) is 4.79 Å². The summed E-state index contributed by atoms with van der Waals surface area (Å²) < 4.78 is 20.9. The Kier molecular flexibility index (Phi) is 4.11. The molecule has 6 heteroatoms. The van der Waals surface area contributed by atoms with E-state index in [1.165, 1.54) is 0 Å². The van der Waals surface area contributed by atoms with Gasteiger partial charge in [-0.25, -0.2) is 13.2 Å². The van der Waals surface area contributed by atoms with Crippen molar-refractivity contribution in [1.82, 2.24) is 5.32 Å². The monoisotopic (exact) mass is 228 g/mol. The first kappa shape index (κ1) is 11.5. The van der Waals surface area contributed by atoms with E-state index in [9.17, 15) is 13.2 Å². The van der Waals surface area contributed by atoms with Crippen LogP contribution in [-0.2, 0) is 23.0 Å². The molecule has 5 nitrogen and oxygen atoms in total. The highest BCUT2D eigenvalue weighted by molar-refractivity contribution is 7.71. The molecule has 0 atom stereocenters. The molecule has 0 saturated heterocycles. The Bertz CT molecular complexity index is 404. The normalized spacial score (nSPS) is 10.2. The lowest BCUT2D eigenvalue weighted by Crippen LogP contribution is -2.28. The Labute approximate surface area is 89.2 Å². The van der Waals surface area contributed by atoms with Crippen molar-refractivity contribution in [1.29, 1.82) is 0 Å². The van der Waals surface area contributed by atoms with E-state index < -0.39 is 16.7 Å². The zero-order valence-corrected chi connectivity index (χ0v) is 8.87. The number of thiol groups is 1. The average Bonchev–Trinajstić information content (AvgIpc) is 2.16. The van der Waals surface area contributed by atoms with E-state index in [4.69, 9.17) is 5.73 Å². The fourth-order valence-electron chi connectivity index (χ4n) is 1.10. The molecular formula is C9H12N2O3S. The van der Waals surface area contributed by atoms with Gasteiger partial charge >= 0.3 is 6.03 Å². The first-order valence-electron chi connectivity index (χ1n) is 4.31. The molecular weight excluding hydrogens is 216 g/mol. The quantitative estimate of drug-likeness (QED) is 0.632. The highest BCUT2D eigenvalue weighted by Gasteiger charge is 1.97. The second-order valence-corrected chi connectivity index (χ2v) is 4.01. The van der Waals surface area contributed by atoms with E-state index in [2.05, 4.69) is 5.32 Å². The van der Waals surface area contributed by atoms with Crippen molar-refractivity contribution in [3.63, 3.8) is 0 Å². The summed E-state index contributed by atoms with van der Waals surface area (Å²) in [5, 5.41) is 2.44. The zero-order chi connectivity index (χ0) is 11.3. The molecule has 2 amide bonds. The largest absolute Gasteiger partial charge is 0.352 e. The third kappa shape index (κ3) is 4.46. The van der Waals surface area contributed by atoms with E-state index in [1.807, 2.05) is 0 Å². The third-order valence-electron chi connectivity index (χ3n) is 1.80.